The number of ether oxygens (including phenoxy) is 2. The highest BCUT2D eigenvalue weighted by atomic mass is 16.5. The fourth-order valence-electron chi connectivity index (χ4n) is 2.44. The lowest BCUT2D eigenvalue weighted by molar-refractivity contribution is -0.147. The van der Waals surface area contributed by atoms with Gasteiger partial charge in [0, 0.05) is 25.7 Å². The SMILES string of the molecule is CN=C(NCCC(=O)OC(C)C)NCc1ccc(C)cc1OCC1CC1. The van der Waals surface area contributed by atoms with Crippen molar-refractivity contribution >= 4 is 11.9 Å². The third-order valence-corrected chi connectivity index (χ3v) is 4.05. The molecule has 1 fully saturated rings. The van der Waals surface area contributed by atoms with Crippen LogP contribution in [0.4, 0.5) is 0 Å². The molecule has 0 bridgehead atoms. The number of guanidine groups is 1. The second-order valence-corrected chi connectivity index (χ2v) is 7.01. The van der Waals surface area contributed by atoms with E-state index in [4.69, 9.17) is 9.47 Å². The van der Waals surface area contributed by atoms with Crippen LogP contribution in [0, 0.1) is 12.8 Å². The third-order valence-electron chi connectivity index (χ3n) is 4.05. The maximum Gasteiger partial charge on any atom is 0.307 e. The molecule has 1 aromatic carbocycles. The minimum absolute atomic E-state index is 0.0875. The monoisotopic (exact) mass is 361 g/mol. The Morgan fingerprint density at radius 1 is 1.31 bits per heavy atom. The van der Waals surface area contributed by atoms with Crippen LogP contribution in [0.3, 0.4) is 0 Å². The molecular formula is C20H31N3O3. The summed E-state index contributed by atoms with van der Waals surface area (Å²) >= 11 is 0. The van der Waals surface area contributed by atoms with Gasteiger partial charge in [-0.05, 0) is 51.2 Å². The lowest BCUT2D eigenvalue weighted by Gasteiger charge is -2.15. The van der Waals surface area contributed by atoms with Crippen LogP contribution in [0.2, 0.25) is 0 Å². The fourth-order valence-corrected chi connectivity index (χ4v) is 2.44. The number of nitrogens with one attached hydrogen (secondary N) is 2. The summed E-state index contributed by atoms with van der Waals surface area (Å²) in [4.78, 5) is 15.8. The number of aliphatic imine (C=N–C) groups is 1. The maximum atomic E-state index is 11.6. The smallest absolute Gasteiger partial charge is 0.307 e. The van der Waals surface area contributed by atoms with Crippen LogP contribution < -0.4 is 15.4 Å². The summed E-state index contributed by atoms with van der Waals surface area (Å²) in [7, 11) is 1.71. The Morgan fingerprint density at radius 2 is 2.08 bits per heavy atom. The summed E-state index contributed by atoms with van der Waals surface area (Å²) in [6.45, 7) is 7.63. The van der Waals surface area contributed by atoms with E-state index < -0.39 is 0 Å². The molecule has 0 aliphatic heterocycles. The van der Waals surface area contributed by atoms with Gasteiger partial charge < -0.3 is 20.1 Å². The van der Waals surface area contributed by atoms with Gasteiger partial charge in [0.2, 0.25) is 0 Å². The molecule has 0 heterocycles. The molecule has 1 aliphatic rings. The molecule has 2 N–H and O–H groups in total. The number of aryl methyl sites for hydroxylation is 1. The van der Waals surface area contributed by atoms with Gasteiger partial charge in [0.1, 0.15) is 5.75 Å². The zero-order valence-corrected chi connectivity index (χ0v) is 16.3. The Balaban J connectivity index is 1.80. The fraction of sp³-hybridized carbons (Fsp3) is 0.600. The van der Waals surface area contributed by atoms with Crippen molar-refractivity contribution in [3.05, 3.63) is 29.3 Å². The maximum absolute atomic E-state index is 11.6. The first-order valence-corrected chi connectivity index (χ1v) is 9.34. The van der Waals surface area contributed by atoms with Crippen molar-refractivity contribution in [2.45, 2.75) is 52.7 Å². The van der Waals surface area contributed by atoms with Crippen molar-refractivity contribution in [1.82, 2.24) is 10.6 Å². The molecule has 0 saturated heterocycles. The zero-order chi connectivity index (χ0) is 18.9. The summed E-state index contributed by atoms with van der Waals surface area (Å²) in [5.41, 5.74) is 2.28. The van der Waals surface area contributed by atoms with E-state index in [1.165, 1.54) is 18.4 Å². The lowest BCUT2D eigenvalue weighted by Crippen LogP contribution is -2.38. The Labute approximate surface area is 156 Å². The van der Waals surface area contributed by atoms with Crippen LogP contribution in [0.25, 0.3) is 0 Å². The molecule has 144 valence electrons. The number of carbonyl (C=O) groups excluding carboxylic acids is 1. The summed E-state index contributed by atoms with van der Waals surface area (Å²) in [6, 6.07) is 6.24. The second kappa shape index (κ2) is 10.0. The number of esters is 1. The van der Waals surface area contributed by atoms with Gasteiger partial charge in [0.15, 0.2) is 5.96 Å². The number of nitrogens with zero attached hydrogens (tertiary/aromatic N) is 1. The van der Waals surface area contributed by atoms with Crippen LogP contribution >= 0.6 is 0 Å². The van der Waals surface area contributed by atoms with Gasteiger partial charge in [0.25, 0.3) is 0 Å². The van der Waals surface area contributed by atoms with Crippen molar-refractivity contribution in [2.24, 2.45) is 10.9 Å². The lowest BCUT2D eigenvalue weighted by atomic mass is 10.1. The molecule has 0 unspecified atom stereocenters. The van der Waals surface area contributed by atoms with Gasteiger partial charge in [-0.25, -0.2) is 0 Å². The standard InChI is InChI=1S/C20H31N3O3/c1-14(2)26-19(24)9-10-22-20(21-4)23-12-17-8-5-15(3)11-18(17)25-13-16-6-7-16/h5,8,11,14,16H,6-7,9-10,12-13H2,1-4H3,(H2,21,22,23). The second-order valence-electron chi connectivity index (χ2n) is 7.01. The molecule has 1 aliphatic carbocycles. The number of hydrogen-bond acceptors (Lipinski definition) is 4. The molecule has 1 saturated carbocycles. The molecule has 2 rings (SSSR count). The Morgan fingerprint density at radius 3 is 2.73 bits per heavy atom. The van der Waals surface area contributed by atoms with Gasteiger partial charge in [-0.3, -0.25) is 9.79 Å². The number of carbonyl (C=O) groups is 1. The van der Waals surface area contributed by atoms with E-state index in [2.05, 4.69) is 40.7 Å². The predicted molar refractivity (Wildman–Crippen MR) is 103 cm³/mol. The Hall–Kier alpha value is -2.24. The molecule has 0 radical (unpaired) electrons. The summed E-state index contributed by atoms with van der Waals surface area (Å²) < 4.78 is 11.1. The minimum atomic E-state index is -0.211. The summed E-state index contributed by atoms with van der Waals surface area (Å²) in [6.07, 6.45) is 2.76. The highest BCUT2D eigenvalue weighted by Crippen LogP contribution is 2.30. The molecule has 0 amide bonds. The summed E-state index contributed by atoms with van der Waals surface area (Å²) in [5.74, 6) is 2.09. The van der Waals surface area contributed by atoms with E-state index >= 15 is 0 Å². The van der Waals surface area contributed by atoms with Gasteiger partial charge >= 0.3 is 5.97 Å². The zero-order valence-electron chi connectivity index (χ0n) is 16.3. The van der Waals surface area contributed by atoms with Gasteiger partial charge in [-0.15, -0.1) is 0 Å². The van der Waals surface area contributed by atoms with E-state index in [0.717, 1.165) is 23.8 Å². The third kappa shape index (κ3) is 7.33. The number of benzene rings is 1. The molecule has 1 aromatic rings. The molecule has 0 atom stereocenters. The molecule has 0 spiro atoms. The van der Waals surface area contributed by atoms with Crippen LogP contribution in [0.1, 0.15) is 44.2 Å². The highest BCUT2D eigenvalue weighted by Gasteiger charge is 2.22. The normalized spacial score (nSPS) is 14.3. The number of rotatable bonds is 9. The van der Waals surface area contributed by atoms with E-state index in [-0.39, 0.29) is 12.1 Å². The molecule has 6 nitrogen and oxygen atoms in total. The van der Waals surface area contributed by atoms with Gasteiger partial charge in [-0.2, -0.15) is 0 Å². The van der Waals surface area contributed by atoms with E-state index in [0.29, 0.717) is 25.5 Å². The number of hydrogen-bond donors (Lipinski definition) is 2. The average molecular weight is 361 g/mol. The predicted octanol–water partition coefficient (Wildman–Crippen LogP) is 2.79. The van der Waals surface area contributed by atoms with E-state index in [9.17, 15) is 4.79 Å². The Bertz CT molecular complexity index is 625. The van der Waals surface area contributed by atoms with Crippen LogP contribution in [-0.2, 0) is 16.1 Å². The topological polar surface area (TPSA) is 72.0 Å². The first-order valence-electron chi connectivity index (χ1n) is 9.34. The van der Waals surface area contributed by atoms with Crippen molar-refractivity contribution in [3.63, 3.8) is 0 Å². The first-order chi connectivity index (χ1) is 12.5. The highest BCUT2D eigenvalue weighted by molar-refractivity contribution is 5.80. The van der Waals surface area contributed by atoms with Gasteiger partial charge in [-0.1, -0.05) is 12.1 Å². The van der Waals surface area contributed by atoms with Crippen molar-refractivity contribution in [2.75, 3.05) is 20.2 Å². The first kappa shape index (κ1) is 20.1. The van der Waals surface area contributed by atoms with Gasteiger partial charge in [0.05, 0.1) is 19.1 Å². The largest absolute Gasteiger partial charge is 0.493 e. The molecule has 0 aromatic heterocycles. The summed E-state index contributed by atoms with van der Waals surface area (Å²) in [5, 5.41) is 6.40. The minimum Gasteiger partial charge on any atom is -0.493 e. The Kier molecular flexibility index (Phi) is 7.75. The van der Waals surface area contributed by atoms with Crippen LogP contribution in [0.5, 0.6) is 5.75 Å². The van der Waals surface area contributed by atoms with Crippen molar-refractivity contribution < 1.29 is 14.3 Å². The van der Waals surface area contributed by atoms with Crippen LogP contribution in [0.15, 0.2) is 23.2 Å². The van der Waals surface area contributed by atoms with E-state index in [1.807, 2.05) is 13.8 Å². The van der Waals surface area contributed by atoms with E-state index in [1.54, 1.807) is 7.05 Å². The quantitative estimate of drug-likeness (QED) is 0.402. The van der Waals surface area contributed by atoms with Crippen LogP contribution in [-0.4, -0.2) is 38.2 Å². The van der Waals surface area contributed by atoms with Crippen molar-refractivity contribution in [1.29, 1.82) is 0 Å². The molecule has 26 heavy (non-hydrogen) atoms. The molecule has 6 heteroatoms. The average Bonchev–Trinajstić information content (AvgIpc) is 3.41. The van der Waals surface area contributed by atoms with Crippen molar-refractivity contribution in [3.8, 4) is 5.75 Å². The molecular weight excluding hydrogens is 330 g/mol.